The van der Waals surface area contributed by atoms with E-state index in [4.69, 9.17) is 4.55 Å². The molecule has 0 aromatic heterocycles. The van der Waals surface area contributed by atoms with Crippen molar-refractivity contribution in [2.24, 2.45) is 0 Å². The largest absolute Gasteiger partial charge is 0.369 e. The van der Waals surface area contributed by atoms with E-state index in [1.54, 1.807) is 0 Å². The van der Waals surface area contributed by atoms with Crippen LogP contribution in [0.2, 0.25) is 0 Å². The van der Waals surface area contributed by atoms with Crippen LogP contribution in [0.3, 0.4) is 0 Å². The van der Waals surface area contributed by atoms with Crippen LogP contribution >= 0.6 is 22.7 Å². The second-order valence-electron chi connectivity index (χ2n) is 0.0816. The highest BCUT2D eigenvalue weighted by molar-refractivity contribution is 8.66. The Labute approximate surface area is 34.2 Å². The maximum Gasteiger partial charge on any atom is 0.0559 e. The van der Waals surface area contributed by atoms with E-state index in [0.717, 1.165) is 0 Å². The van der Waals surface area contributed by atoms with Gasteiger partial charge in [0.15, 0.2) is 0 Å². The minimum atomic E-state index is 0. The summed E-state index contributed by atoms with van der Waals surface area (Å²) in [5.41, 5.74) is 0. The van der Waals surface area contributed by atoms with Gasteiger partial charge in [-0.2, -0.15) is 0 Å². The minimum Gasteiger partial charge on any atom is -0.369 e. The Hall–Kier alpha value is 0.620. The predicted molar refractivity (Wildman–Crippen MR) is 25.2 cm³/mol. The number of hydrogen-bond acceptors (Lipinski definition) is 3. The standard InChI is InChI=1S/H3N.H2OS2/c;1-3-2/h1H3;1-2H/p+1. The number of rotatable bonds is 0. The van der Waals surface area contributed by atoms with E-state index in [9.17, 15) is 0 Å². The first-order valence-electron chi connectivity index (χ1n) is 0.365. The van der Waals surface area contributed by atoms with Crippen LogP contribution in [0.1, 0.15) is 0 Å². The van der Waals surface area contributed by atoms with Gasteiger partial charge in [0.2, 0.25) is 0 Å². The van der Waals surface area contributed by atoms with Gasteiger partial charge in [-0.25, -0.2) is 0 Å². The summed E-state index contributed by atoms with van der Waals surface area (Å²) in [6, 6.07) is 0. The molecule has 0 saturated carbocycles. The van der Waals surface area contributed by atoms with Gasteiger partial charge in [0.1, 0.15) is 0 Å². The summed E-state index contributed by atoms with van der Waals surface area (Å²) in [6.07, 6.45) is 0. The fraction of sp³-hybridized carbons (Fsp3) is 0. The molecule has 0 unspecified atom stereocenters. The van der Waals surface area contributed by atoms with Crippen LogP contribution in [-0.2, 0) is 0 Å². The molecule has 4 heteroatoms. The summed E-state index contributed by atoms with van der Waals surface area (Å²) in [5.74, 6) is 0. The Morgan fingerprint density at radius 2 is 1.75 bits per heavy atom. The third-order valence-electron chi connectivity index (χ3n) is 0. The molecule has 28 valence electrons. The molecule has 0 rings (SSSR count). The fourth-order valence-electron chi connectivity index (χ4n) is 0. The summed E-state index contributed by atoms with van der Waals surface area (Å²) in [6.45, 7) is 0. The van der Waals surface area contributed by atoms with Crippen molar-refractivity contribution in [2.45, 2.75) is 0 Å². The lowest BCUT2D eigenvalue weighted by molar-refractivity contribution is 0.676. The topological polar surface area (TPSA) is 56.7 Å². The molecule has 2 nitrogen and oxygen atoms in total. The average Bonchev–Trinajstić information content (AvgIpc) is 0.918. The number of thiol groups is 1. The predicted octanol–water partition coefficient (Wildman–Crippen LogP) is 1.41. The van der Waals surface area contributed by atoms with Crippen molar-refractivity contribution in [2.75, 3.05) is 0 Å². The van der Waals surface area contributed by atoms with E-state index in [0.29, 0.717) is 11.1 Å². The molecule has 0 atom stereocenters. The van der Waals surface area contributed by atoms with Crippen LogP contribution in [0.5, 0.6) is 0 Å². The van der Waals surface area contributed by atoms with Crippen molar-refractivity contribution in [3.8, 4) is 0 Å². The molecule has 0 aliphatic carbocycles. The molecular weight excluding hydrogens is 94.1 g/mol. The summed E-state index contributed by atoms with van der Waals surface area (Å²) >= 11 is 3.71. The highest BCUT2D eigenvalue weighted by Crippen LogP contribution is 1.90. The van der Waals surface area contributed by atoms with Gasteiger partial charge in [-0.05, 0) is 0 Å². The van der Waals surface area contributed by atoms with E-state index in [1.165, 1.54) is 0 Å². The van der Waals surface area contributed by atoms with Crippen LogP contribution < -0.4 is 6.15 Å². The Morgan fingerprint density at radius 3 is 1.75 bits per heavy atom. The Kier molecular flexibility index (Phi) is 20.9. The van der Waals surface area contributed by atoms with Crippen molar-refractivity contribution in [3.05, 3.63) is 0 Å². The Balaban J connectivity index is 0. The molecule has 0 heterocycles. The summed E-state index contributed by atoms with van der Waals surface area (Å²) in [7, 11) is 0. The van der Waals surface area contributed by atoms with Gasteiger partial charge >= 0.3 is 0 Å². The van der Waals surface area contributed by atoms with Crippen molar-refractivity contribution in [1.82, 2.24) is 6.15 Å². The van der Waals surface area contributed by atoms with E-state index in [2.05, 4.69) is 11.7 Å². The van der Waals surface area contributed by atoms with E-state index >= 15 is 0 Å². The van der Waals surface area contributed by atoms with Crippen LogP contribution in [0, 0.1) is 0 Å². The zero-order valence-corrected chi connectivity index (χ0v) is 4.01. The van der Waals surface area contributed by atoms with Crippen LogP contribution in [0.15, 0.2) is 0 Å². The van der Waals surface area contributed by atoms with Gasteiger partial charge in [-0.1, -0.05) is 11.7 Å². The lowest BCUT2D eigenvalue weighted by atomic mass is 14.0. The first-order valence-corrected chi connectivity index (χ1v) is 2.19. The molecule has 0 aromatic carbocycles. The van der Waals surface area contributed by atoms with Gasteiger partial charge in [-0.3, -0.25) is 0 Å². The maximum atomic E-state index is 7.35. The second-order valence-corrected chi connectivity index (χ2v) is 0.735. The van der Waals surface area contributed by atoms with Crippen molar-refractivity contribution < 1.29 is 4.55 Å². The molecular formula is H6NOS2+. The average molecular weight is 100 g/mol. The van der Waals surface area contributed by atoms with Gasteiger partial charge in [0.05, 0.1) is 11.1 Å². The quantitative estimate of drug-likeness (QED) is 0.245. The zero-order chi connectivity index (χ0) is 2.71. The molecule has 0 aliphatic rings. The molecule has 0 fully saturated rings. The van der Waals surface area contributed by atoms with E-state index in [1.807, 2.05) is 0 Å². The minimum absolute atomic E-state index is 0. The van der Waals surface area contributed by atoms with E-state index < -0.39 is 0 Å². The van der Waals surface area contributed by atoms with Crippen LogP contribution in [0.4, 0.5) is 0 Å². The van der Waals surface area contributed by atoms with Gasteiger partial charge < -0.3 is 10.7 Å². The van der Waals surface area contributed by atoms with Gasteiger partial charge in [-0.15, -0.1) is 0 Å². The zero-order valence-electron chi connectivity index (χ0n) is 2.30. The van der Waals surface area contributed by atoms with Gasteiger partial charge in [0, 0.05) is 0 Å². The monoisotopic (exact) mass is 100.0 g/mol. The summed E-state index contributed by atoms with van der Waals surface area (Å²) < 4.78 is 7.35. The lowest BCUT2D eigenvalue weighted by Crippen LogP contribution is -1.12. The van der Waals surface area contributed by atoms with Gasteiger partial charge in [0.25, 0.3) is 0 Å². The Bertz CT molecular complexity index is 6.00. The molecule has 5 N–H and O–H groups in total. The smallest absolute Gasteiger partial charge is 0.0559 e. The molecule has 4 heavy (non-hydrogen) atoms. The molecule has 0 amide bonds. The normalized spacial score (nSPS) is 4.50. The third kappa shape index (κ3) is 17.9. The number of hydrogen-bond donors (Lipinski definition) is 3. The van der Waals surface area contributed by atoms with Crippen LogP contribution in [0.25, 0.3) is 0 Å². The Morgan fingerprint density at radius 1 is 1.75 bits per heavy atom. The molecule has 0 bridgehead atoms. The highest BCUT2D eigenvalue weighted by atomic mass is 33.1. The first kappa shape index (κ1) is 8.82. The molecule has 0 saturated heterocycles. The van der Waals surface area contributed by atoms with E-state index in [-0.39, 0.29) is 6.15 Å². The van der Waals surface area contributed by atoms with Crippen LogP contribution in [-0.4, -0.2) is 4.55 Å². The molecule has 0 aliphatic heterocycles. The summed E-state index contributed by atoms with van der Waals surface area (Å²) in [5, 5.41) is 0. The van der Waals surface area contributed by atoms with Crippen molar-refractivity contribution in [1.29, 1.82) is 0 Å². The SMILES string of the molecule is OSS.[NH4+]. The lowest BCUT2D eigenvalue weighted by Gasteiger charge is -1.50. The molecule has 0 radical (unpaired) electrons. The van der Waals surface area contributed by atoms with Crippen molar-refractivity contribution >= 4 is 22.7 Å². The maximum absolute atomic E-state index is 7.35. The van der Waals surface area contributed by atoms with Crippen molar-refractivity contribution in [3.63, 3.8) is 0 Å². The molecule has 0 aromatic rings. The first-order chi connectivity index (χ1) is 1.41. The summed E-state index contributed by atoms with van der Waals surface area (Å²) in [4.78, 5) is 0. The fourth-order valence-corrected chi connectivity index (χ4v) is 0. The highest BCUT2D eigenvalue weighted by Gasteiger charge is 1.35. The molecule has 0 spiro atoms. The third-order valence-corrected chi connectivity index (χ3v) is 0. The number of quaternary nitrogens is 1. The second kappa shape index (κ2) is 9.47.